The van der Waals surface area contributed by atoms with E-state index in [0.717, 1.165) is 47.5 Å². The van der Waals surface area contributed by atoms with Crippen LogP contribution in [0.5, 0.6) is 0 Å². The van der Waals surface area contributed by atoms with Gasteiger partial charge in [-0.15, -0.1) is 0 Å². The van der Waals surface area contributed by atoms with Crippen LogP contribution in [0.25, 0.3) is 10.9 Å². The fourth-order valence-electron chi connectivity index (χ4n) is 2.14. The summed E-state index contributed by atoms with van der Waals surface area (Å²) in [6.45, 7) is 1.79. The number of hydrogen-bond donors (Lipinski definition) is 2. The van der Waals surface area contributed by atoms with Gasteiger partial charge in [0.2, 0.25) is 0 Å². The molecule has 1 aromatic heterocycles. The summed E-state index contributed by atoms with van der Waals surface area (Å²) in [5.74, 6) is 1.02. The molecule has 1 aliphatic rings. The van der Waals surface area contributed by atoms with Crippen LogP contribution >= 0.6 is 0 Å². The van der Waals surface area contributed by atoms with Gasteiger partial charge in [0.05, 0.1) is 23.9 Å². The van der Waals surface area contributed by atoms with Gasteiger partial charge in [0.1, 0.15) is 5.84 Å². The van der Waals surface area contributed by atoms with Gasteiger partial charge in [-0.25, -0.2) is 0 Å². The van der Waals surface area contributed by atoms with Crippen molar-refractivity contribution in [3.05, 3.63) is 36.0 Å². The van der Waals surface area contributed by atoms with Gasteiger partial charge in [0.15, 0.2) is 0 Å². The number of aromatic nitrogens is 1. The third kappa shape index (κ3) is 1.82. The first-order valence-electron chi connectivity index (χ1n) is 5.74. The van der Waals surface area contributed by atoms with Crippen LogP contribution < -0.4 is 11.1 Å². The molecule has 4 heteroatoms. The Labute approximate surface area is 99.6 Å². The van der Waals surface area contributed by atoms with Crippen LogP contribution in [0, 0.1) is 0 Å². The molecule has 86 valence electrons. The minimum atomic E-state index is 0.736. The average molecular weight is 226 g/mol. The number of nitrogens with one attached hydrogen (secondary N) is 1. The number of fused-ring (bicyclic) bond motifs is 1. The predicted octanol–water partition coefficient (Wildman–Crippen LogP) is 1.36. The molecular formula is C13H14N4. The third-order valence-corrected chi connectivity index (χ3v) is 3.01. The Morgan fingerprint density at radius 2 is 2.18 bits per heavy atom. The molecule has 0 aliphatic carbocycles. The maximum atomic E-state index is 6.02. The zero-order valence-corrected chi connectivity index (χ0v) is 9.48. The lowest BCUT2D eigenvalue weighted by molar-refractivity contribution is 0.954. The number of para-hydroxylation sites is 1. The molecule has 0 radical (unpaired) electrons. The molecule has 0 fully saturated rings. The van der Waals surface area contributed by atoms with Crippen molar-refractivity contribution in [1.82, 2.24) is 10.3 Å². The largest absolute Gasteiger partial charge is 0.397 e. The maximum absolute atomic E-state index is 6.02. The number of anilines is 1. The van der Waals surface area contributed by atoms with Gasteiger partial charge in [-0.2, -0.15) is 0 Å². The van der Waals surface area contributed by atoms with Gasteiger partial charge >= 0.3 is 0 Å². The molecule has 1 aromatic carbocycles. The number of pyridine rings is 1. The zero-order chi connectivity index (χ0) is 11.7. The minimum Gasteiger partial charge on any atom is -0.397 e. The Kier molecular flexibility index (Phi) is 2.40. The van der Waals surface area contributed by atoms with Gasteiger partial charge in [-0.1, -0.05) is 18.2 Å². The lowest BCUT2D eigenvalue weighted by Crippen LogP contribution is -2.21. The fraction of sp³-hybridized carbons (Fsp3) is 0.231. The van der Waals surface area contributed by atoms with E-state index in [2.05, 4.69) is 21.4 Å². The Bertz CT molecular complexity index is 589. The van der Waals surface area contributed by atoms with Crippen molar-refractivity contribution in [3.63, 3.8) is 0 Å². The average Bonchev–Trinajstić information content (AvgIpc) is 2.86. The Morgan fingerprint density at radius 1 is 1.29 bits per heavy atom. The molecule has 17 heavy (non-hydrogen) atoms. The molecule has 3 N–H and O–H groups in total. The van der Waals surface area contributed by atoms with E-state index in [1.807, 2.05) is 18.2 Å². The van der Waals surface area contributed by atoms with Crippen LogP contribution in [0.1, 0.15) is 5.56 Å². The van der Waals surface area contributed by atoms with Crippen LogP contribution in [0.4, 0.5) is 5.69 Å². The van der Waals surface area contributed by atoms with Crippen LogP contribution in [-0.2, 0) is 6.42 Å². The Balaban J connectivity index is 2.09. The van der Waals surface area contributed by atoms with Crippen LogP contribution in [-0.4, -0.2) is 23.9 Å². The monoisotopic (exact) mass is 226 g/mol. The molecule has 1 aliphatic heterocycles. The number of aliphatic imine (C=N–C) groups is 1. The summed E-state index contributed by atoms with van der Waals surface area (Å²) in [6.07, 6.45) is 2.49. The SMILES string of the molecule is Nc1cnc2ccccc2c1CC1=NCCN1. The van der Waals surface area contributed by atoms with E-state index in [-0.39, 0.29) is 0 Å². The summed E-state index contributed by atoms with van der Waals surface area (Å²) in [6, 6.07) is 8.06. The summed E-state index contributed by atoms with van der Waals surface area (Å²) in [4.78, 5) is 8.74. The fourth-order valence-corrected chi connectivity index (χ4v) is 2.14. The highest BCUT2D eigenvalue weighted by atomic mass is 15.1. The Morgan fingerprint density at radius 3 is 3.00 bits per heavy atom. The van der Waals surface area contributed by atoms with Crippen molar-refractivity contribution in [2.45, 2.75) is 6.42 Å². The summed E-state index contributed by atoms with van der Waals surface area (Å²) >= 11 is 0. The van der Waals surface area contributed by atoms with E-state index in [4.69, 9.17) is 5.73 Å². The number of rotatable bonds is 2. The van der Waals surface area contributed by atoms with Gasteiger partial charge in [-0.3, -0.25) is 9.98 Å². The topological polar surface area (TPSA) is 63.3 Å². The quantitative estimate of drug-likeness (QED) is 0.812. The highest BCUT2D eigenvalue weighted by Crippen LogP contribution is 2.22. The molecule has 0 atom stereocenters. The first-order valence-corrected chi connectivity index (χ1v) is 5.74. The van der Waals surface area contributed by atoms with E-state index >= 15 is 0 Å². The normalized spacial score (nSPS) is 14.7. The van der Waals surface area contributed by atoms with Crippen molar-refractivity contribution in [1.29, 1.82) is 0 Å². The van der Waals surface area contributed by atoms with Crippen molar-refractivity contribution in [2.24, 2.45) is 4.99 Å². The van der Waals surface area contributed by atoms with E-state index in [1.165, 1.54) is 0 Å². The molecule has 0 saturated heterocycles. The number of amidine groups is 1. The number of nitrogens with two attached hydrogens (primary N) is 1. The smallest absolute Gasteiger partial charge is 0.101 e. The second-order valence-electron chi connectivity index (χ2n) is 4.14. The zero-order valence-electron chi connectivity index (χ0n) is 9.48. The van der Waals surface area contributed by atoms with E-state index in [0.29, 0.717) is 0 Å². The number of benzene rings is 1. The molecule has 0 unspecified atom stereocenters. The lowest BCUT2D eigenvalue weighted by atomic mass is 10.0. The van der Waals surface area contributed by atoms with Crippen LogP contribution in [0.15, 0.2) is 35.5 Å². The molecule has 2 heterocycles. The van der Waals surface area contributed by atoms with Crippen LogP contribution in [0.3, 0.4) is 0 Å². The van der Waals surface area contributed by atoms with Crippen molar-refractivity contribution < 1.29 is 0 Å². The van der Waals surface area contributed by atoms with Crippen molar-refractivity contribution in [3.8, 4) is 0 Å². The molecular weight excluding hydrogens is 212 g/mol. The lowest BCUT2D eigenvalue weighted by Gasteiger charge is -2.09. The van der Waals surface area contributed by atoms with E-state index < -0.39 is 0 Å². The van der Waals surface area contributed by atoms with E-state index in [9.17, 15) is 0 Å². The second-order valence-corrected chi connectivity index (χ2v) is 4.14. The van der Waals surface area contributed by atoms with Gasteiger partial charge in [-0.05, 0) is 11.6 Å². The predicted molar refractivity (Wildman–Crippen MR) is 70.2 cm³/mol. The summed E-state index contributed by atoms with van der Waals surface area (Å²) in [7, 11) is 0. The van der Waals surface area contributed by atoms with Gasteiger partial charge in [0.25, 0.3) is 0 Å². The summed E-state index contributed by atoms with van der Waals surface area (Å²) < 4.78 is 0. The molecule has 0 spiro atoms. The molecule has 3 rings (SSSR count). The number of nitrogens with zero attached hydrogens (tertiary/aromatic N) is 2. The number of nitrogen functional groups attached to an aromatic ring is 1. The highest BCUT2D eigenvalue weighted by Gasteiger charge is 2.11. The first-order chi connectivity index (χ1) is 8.34. The standard InChI is InChI=1S/C13H14N4/c14-11-8-17-12-4-2-1-3-9(12)10(11)7-13-15-5-6-16-13/h1-4,8H,5-7,14H2,(H,15,16). The Hall–Kier alpha value is -2.10. The highest BCUT2D eigenvalue weighted by molar-refractivity contribution is 5.94. The minimum absolute atomic E-state index is 0.736. The van der Waals surface area contributed by atoms with Crippen molar-refractivity contribution in [2.75, 3.05) is 18.8 Å². The molecule has 2 aromatic rings. The van der Waals surface area contributed by atoms with Gasteiger partial charge < -0.3 is 11.1 Å². The molecule has 0 bridgehead atoms. The first kappa shape index (κ1) is 10.1. The summed E-state index contributed by atoms with van der Waals surface area (Å²) in [5.41, 5.74) is 8.85. The van der Waals surface area contributed by atoms with Crippen molar-refractivity contribution >= 4 is 22.4 Å². The van der Waals surface area contributed by atoms with E-state index in [1.54, 1.807) is 6.20 Å². The maximum Gasteiger partial charge on any atom is 0.101 e. The molecule has 4 nitrogen and oxygen atoms in total. The molecule has 0 amide bonds. The summed E-state index contributed by atoms with van der Waals surface area (Å²) in [5, 5.41) is 4.39. The second kappa shape index (κ2) is 4.05. The molecule has 0 saturated carbocycles. The number of hydrogen-bond acceptors (Lipinski definition) is 4. The van der Waals surface area contributed by atoms with Crippen LogP contribution in [0.2, 0.25) is 0 Å². The third-order valence-electron chi connectivity index (χ3n) is 3.01. The van der Waals surface area contributed by atoms with Gasteiger partial charge in [0, 0.05) is 18.4 Å².